The Morgan fingerprint density at radius 1 is 0.750 bits per heavy atom. The maximum Gasteiger partial charge on any atom is 0.338 e. The predicted molar refractivity (Wildman–Crippen MR) is 74.3 cm³/mol. The first kappa shape index (κ1) is 17.6. The van der Waals surface area contributed by atoms with E-state index in [0.29, 0.717) is 0 Å². The maximum absolute atomic E-state index is 11.6. The van der Waals surface area contributed by atoms with E-state index < -0.39 is 17.7 Å². The lowest BCUT2D eigenvalue weighted by molar-refractivity contribution is -0.135. The Morgan fingerprint density at radius 2 is 1.05 bits per heavy atom. The van der Waals surface area contributed by atoms with Crippen LogP contribution in [0.3, 0.4) is 0 Å². The molecule has 0 unspecified atom stereocenters. The minimum absolute atomic E-state index is 0.107. The van der Waals surface area contributed by atoms with Gasteiger partial charge < -0.3 is 9.47 Å². The SMILES string of the molecule is C=C(C)OC(=O)C(C)=CC(=O)C=C(C)C(=O)OC(=C)C. The summed E-state index contributed by atoms with van der Waals surface area (Å²) in [6.07, 6.45) is 2.14. The van der Waals surface area contributed by atoms with Crippen molar-refractivity contribution in [3.8, 4) is 0 Å². The Balaban J connectivity index is 4.84. The van der Waals surface area contributed by atoms with Crippen LogP contribution in [0.5, 0.6) is 0 Å². The highest BCUT2D eigenvalue weighted by Crippen LogP contribution is 2.05. The number of hydrogen-bond acceptors (Lipinski definition) is 5. The van der Waals surface area contributed by atoms with Crippen LogP contribution in [0.1, 0.15) is 27.7 Å². The number of allylic oxidation sites excluding steroid dienone is 4. The molecule has 0 aromatic heterocycles. The van der Waals surface area contributed by atoms with Gasteiger partial charge in [-0.15, -0.1) is 0 Å². The first-order valence-electron chi connectivity index (χ1n) is 5.79. The van der Waals surface area contributed by atoms with Gasteiger partial charge in [-0.05, 0) is 39.8 Å². The van der Waals surface area contributed by atoms with E-state index in [1.54, 1.807) is 0 Å². The summed E-state index contributed by atoms with van der Waals surface area (Å²) < 4.78 is 9.48. The molecule has 0 fully saturated rings. The molecule has 0 aliphatic rings. The summed E-state index contributed by atoms with van der Waals surface area (Å²) in [6, 6.07) is 0. The fraction of sp³-hybridized carbons (Fsp3) is 0.267. The third-order valence-corrected chi connectivity index (χ3v) is 1.90. The van der Waals surface area contributed by atoms with Crippen molar-refractivity contribution in [3.05, 3.63) is 48.0 Å². The lowest BCUT2D eigenvalue weighted by atomic mass is 10.2. The van der Waals surface area contributed by atoms with Crippen LogP contribution in [0.25, 0.3) is 0 Å². The van der Waals surface area contributed by atoms with E-state index in [4.69, 9.17) is 9.47 Å². The molecule has 0 amide bonds. The molecular weight excluding hydrogens is 260 g/mol. The molecular formula is C15H18O5. The highest BCUT2D eigenvalue weighted by molar-refractivity contribution is 6.08. The second-order valence-electron chi connectivity index (χ2n) is 4.24. The van der Waals surface area contributed by atoms with Gasteiger partial charge in [0.25, 0.3) is 0 Å². The summed E-state index contributed by atoms with van der Waals surface area (Å²) in [6.45, 7) is 12.7. The smallest absolute Gasteiger partial charge is 0.338 e. The van der Waals surface area contributed by atoms with Gasteiger partial charge in [-0.3, -0.25) is 4.79 Å². The Kier molecular flexibility index (Phi) is 6.93. The van der Waals surface area contributed by atoms with Gasteiger partial charge in [0.1, 0.15) is 0 Å². The lowest BCUT2D eigenvalue weighted by Gasteiger charge is -2.03. The molecule has 5 heteroatoms. The minimum Gasteiger partial charge on any atom is -0.429 e. The van der Waals surface area contributed by atoms with E-state index >= 15 is 0 Å². The summed E-state index contributed by atoms with van der Waals surface area (Å²) in [5.41, 5.74) is 0.214. The Labute approximate surface area is 118 Å². The summed E-state index contributed by atoms with van der Waals surface area (Å²) in [5, 5.41) is 0. The first-order chi connectivity index (χ1) is 9.13. The predicted octanol–water partition coefficient (Wildman–Crippen LogP) is 2.60. The van der Waals surface area contributed by atoms with Crippen LogP contribution in [-0.4, -0.2) is 17.7 Å². The van der Waals surface area contributed by atoms with Crippen LogP contribution in [0.2, 0.25) is 0 Å². The van der Waals surface area contributed by atoms with Gasteiger partial charge in [-0.25, -0.2) is 9.59 Å². The zero-order valence-electron chi connectivity index (χ0n) is 12.1. The van der Waals surface area contributed by atoms with E-state index in [-0.39, 0.29) is 22.7 Å². The van der Waals surface area contributed by atoms with Gasteiger partial charge in [-0.2, -0.15) is 0 Å². The van der Waals surface area contributed by atoms with Crippen LogP contribution in [0.15, 0.2) is 48.0 Å². The fourth-order valence-electron chi connectivity index (χ4n) is 1.06. The Hall–Kier alpha value is -2.43. The summed E-state index contributed by atoms with van der Waals surface area (Å²) in [7, 11) is 0. The summed E-state index contributed by atoms with van der Waals surface area (Å²) in [5.74, 6) is -1.39. The molecule has 5 nitrogen and oxygen atoms in total. The van der Waals surface area contributed by atoms with Gasteiger partial charge in [0.2, 0.25) is 0 Å². The van der Waals surface area contributed by atoms with Gasteiger partial charge in [0.15, 0.2) is 5.78 Å². The molecule has 20 heavy (non-hydrogen) atoms. The standard InChI is InChI=1S/C15H18O5/c1-9(2)19-14(17)11(5)7-13(16)8-12(6)15(18)20-10(3)4/h7-8H,1,3H2,2,4-6H3. The molecule has 108 valence electrons. The zero-order valence-corrected chi connectivity index (χ0v) is 12.1. The van der Waals surface area contributed by atoms with E-state index in [9.17, 15) is 14.4 Å². The number of ketones is 1. The fourth-order valence-corrected chi connectivity index (χ4v) is 1.06. The van der Waals surface area contributed by atoms with Gasteiger partial charge in [0, 0.05) is 11.1 Å². The van der Waals surface area contributed by atoms with Crippen molar-refractivity contribution in [2.24, 2.45) is 0 Å². The average Bonchev–Trinajstić information content (AvgIpc) is 2.26. The summed E-state index contributed by atoms with van der Waals surface area (Å²) in [4.78, 5) is 34.5. The first-order valence-corrected chi connectivity index (χ1v) is 5.79. The largest absolute Gasteiger partial charge is 0.429 e. The lowest BCUT2D eigenvalue weighted by Crippen LogP contribution is -2.07. The number of esters is 2. The van der Waals surface area contributed by atoms with Crippen molar-refractivity contribution in [2.45, 2.75) is 27.7 Å². The average molecular weight is 278 g/mol. The van der Waals surface area contributed by atoms with E-state index in [1.165, 1.54) is 27.7 Å². The van der Waals surface area contributed by atoms with Gasteiger partial charge >= 0.3 is 11.9 Å². The molecule has 0 saturated carbocycles. The van der Waals surface area contributed by atoms with Crippen LogP contribution in [-0.2, 0) is 23.9 Å². The van der Waals surface area contributed by atoms with E-state index in [0.717, 1.165) is 12.2 Å². The van der Waals surface area contributed by atoms with Crippen molar-refractivity contribution in [3.63, 3.8) is 0 Å². The third-order valence-electron chi connectivity index (χ3n) is 1.90. The van der Waals surface area contributed by atoms with Crippen molar-refractivity contribution in [1.82, 2.24) is 0 Å². The maximum atomic E-state index is 11.6. The molecule has 0 saturated heterocycles. The second kappa shape index (κ2) is 7.89. The number of carbonyl (C=O) groups excluding carboxylic acids is 3. The number of carbonyl (C=O) groups is 3. The molecule has 0 rings (SSSR count). The van der Waals surface area contributed by atoms with Gasteiger partial charge in [-0.1, -0.05) is 13.2 Å². The third kappa shape index (κ3) is 7.10. The number of hydrogen-bond donors (Lipinski definition) is 0. The minimum atomic E-state index is -0.665. The van der Waals surface area contributed by atoms with Crippen molar-refractivity contribution >= 4 is 17.7 Å². The van der Waals surface area contributed by atoms with Crippen molar-refractivity contribution < 1.29 is 23.9 Å². The highest BCUT2D eigenvalue weighted by Gasteiger charge is 2.10. The number of ether oxygens (including phenoxy) is 2. The Bertz CT molecular complexity index is 474. The monoisotopic (exact) mass is 278 g/mol. The molecule has 0 bridgehead atoms. The molecule has 0 radical (unpaired) electrons. The normalized spacial score (nSPS) is 11.6. The highest BCUT2D eigenvalue weighted by atomic mass is 16.5. The number of rotatable bonds is 6. The van der Waals surface area contributed by atoms with Crippen LogP contribution >= 0.6 is 0 Å². The molecule has 0 aromatic rings. The molecule has 0 aliphatic heterocycles. The van der Waals surface area contributed by atoms with Crippen LogP contribution < -0.4 is 0 Å². The van der Waals surface area contributed by atoms with Gasteiger partial charge in [0.05, 0.1) is 11.5 Å². The van der Waals surface area contributed by atoms with Crippen LogP contribution in [0.4, 0.5) is 0 Å². The quantitative estimate of drug-likeness (QED) is 0.424. The van der Waals surface area contributed by atoms with Crippen LogP contribution in [0, 0.1) is 0 Å². The van der Waals surface area contributed by atoms with Crippen molar-refractivity contribution in [2.75, 3.05) is 0 Å². The van der Waals surface area contributed by atoms with E-state index in [2.05, 4.69) is 13.2 Å². The topological polar surface area (TPSA) is 69.7 Å². The Morgan fingerprint density at radius 3 is 1.30 bits per heavy atom. The van der Waals surface area contributed by atoms with Crippen molar-refractivity contribution in [1.29, 1.82) is 0 Å². The zero-order chi connectivity index (χ0) is 15.9. The molecule has 0 heterocycles. The summed E-state index contributed by atoms with van der Waals surface area (Å²) >= 11 is 0. The second-order valence-corrected chi connectivity index (χ2v) is 4.24. The molecule has 0 atom stereocenters. The molecule has 0 aromatic carbocycles. The van der Waals surface area contributed by atoms with E-state index in [1.807, 2.05) is 0 Å². The molecule has 0 N–H and O–H groups in total. The molecule has 0 aliphatic carbocycles. The molecule has 0 spiro atoms.